The van der Waals surface area contributed by atoms with Crippen molar-refractivity contribution < 1.29 is 17.9 Å². The standard InChI is InChI=1S/C19H14Cl2N2O4S/c1-12-6-8-14(9-7-12)27-18(24)17-16(21)10-22-19(23-17)28(25,26)11-13-4-2-3-5-15(13)20/h2-10H,11H2,1H3. The van der Waals surface area contributed by atoms with E-state index in [1.165, 1.54) is 0 Å². The fourth-order valence-corrected chi connectivity index (χ4v) is 3.97. The molecule has 3 aromatic rings. The maximum absolute atomic E-state index is 12.7. The largest absolute Gasteiger partial charge is 0.422 e. The number of halogens is 2. The Morgan fingerprint density at radius 2 is 1.71 bits per heavy atom. The number of nitrogens with zero attached hydrogens (tertiary/aromatic N) is 2. The molecule has 0 atom stereocenters. The van der Waals surface area contributed by atoms with Gasteiger partial charge in [-0.25, -0.2) is 23.2 Å². The summed E-state index contributed by atoms with van der Waals surface area (Å²) in [5.74, 6) is -1.02. The molecule has 6 nitrogen and oxygen atoms in total. The Balaban J connectivity index is 1.89. The summed E-state index contributed by atoms with van der Waals surface area (Å²) in [6.45, 7) is 1.89. The van der Waals surface area contributed by atoms with E-state index in [0.29, 0.717) is 10.6 Å². The molecule has 0 spiro atoms. The maximum Gasteiger partial charge on any atom is 0.364 e. The topological polar surface area (TPSA) is 86.2 Å². The highest BCUT2D eigenvalue weighted by atomic mass is 35.5. The fourth-order valence-electron chi connectivity index (χ4n) is 2.29. The van der Waals surface area contributed by atoms with Crippen LogP contribution in [0.1, 0.15) is 21.6 Å². The Morgan fingerprint density at radius 1 is 1.04 bits per heavy atom. The lowest BCUT2D eigenvalue weighted by molar-refractivity contribution is 0.0727. The number of aryl methyl sites for hydroxylation is 1. The van der Waals surface area contributed by atoms with E-state index >= 15 is 0 Å². The molecule has 0 bridgehead atoms. The molecule has 144 valence electrons. The van der Waals surface area contributed by atoms with Crippen molar-refractivity contribution >= 4 is 39.0 Å². The molecule has 0 aliphatic heterocycles. The van der Waals surface area contributed by atoms with Gasteiger partial charge >= 0.3 is 5.97 Å². The molecule has 2 aromatic carbocycles. The number of hydrogen-bond acceptors (Lipinski definition) is 6. The zero-order valence-corrected chi connectivity index (χ0v) is 16.9. The predicted molar refractivity (Wildman–Crippen MR) is 106 cm³/mol. The lowest BCUT2D eigenvalue weighted by atomic mass is 10.2. The van der Waals surface area contributed by atoms with Crippen LogP contribution in [0.2, 0.25) is 10.0 Å². The minimum Gasteiger partial charge on any atom is -0.422 e. The summed E-state index contributed by atoms with van der Waals surface area (Å²) in [6, 6.07) is 13.3. The second-order valence-corrected chi connectivity index (χ2v) is 8.60. The highest BCUT2D eigenvalue weighted by molar-refractivity contribution is 7.90. The van der Waals surface area contributed by atoms with Crippen LogP contribution in [-0.4, -0.2) is 24.4 Å². The van der Waals surface area contributed by atoms with Crippen molar-refractivity contribution in [2.24, 2.45) is 0 Å². The number of rotatable bonds is 5. The van der Waals surface area contributed by atoms with E-state index < -0.39 is 26.7 Å². The molecule has 1 aromatic heterocycles. The molecular weight excluding hydrogens is 423 g/mol. The van der Waals surface area contributed by atoms with Gasteiger partial charge in [0.2, 0.25) is 15.0 Å². The summed E-state index contributed by atoms with van der Waals surface area (Å²) < 4.78 is 30.5. The van der Waals surface area contributed by atoms with Crippen molar-refractivity contribution in [2.45, 2.75) is 17.8 Å². The van der Waals surface area contributed by atoms with Gasteiger partial charge in [0.05, 0.1) is 17.0 Å². The van der Waals surface area contributed by atoms with Gasteiger partial charge in [0.25, 0.3) is 0 Å². The van der Waals surface area contributed by atoms with Gasteiger partial charge in [-0.3, -0.25) is 0 Å². The van der Waals surface area contributed by atoms with Crippen LogP contribution >= 0.6 is 23.2 Å². The predicted octanol–water partition coefficient (Wildman–Crippen LogP) is 4.28. The van der Waals surface area contributed by atoms with E-state index in [9.17, 15) is 13.2 Å². The Morgan fingerprint density at radius 3 is 2.39 bits per heavy atom. The van der Waals surface area contributed by atoms with Crippen LogP contribution in [0.25, 0.3) is 0 Å². The molecular formula is C19H14Cl2N2O4S. The Labute approximate surface area is 172 Å². The molecule has 1 heterocycles. The van der Waals surface area contributed by atoms with E-state index in [1.54, 1.807) is 48.5 Å². The van der Waals surface area contributed by atoms with Crippen molar-refractivity contribution in [3.63, 3.8) is 0 Å². The van der Waals surface area contributed by atoms with Crippen molar-refractivity contribution in [3.05, 3.63) is 81.6 Å². The van der Waals surface area contributed by atoms with Crippen molar-refractivity contribution in [1.29, 1.82) is 0 Å². The number of esters is 1. The molecule has 0 aliphatic rings. The molecule has 0 N–H and O–H groups in total. The Bertz CT molecular complexity index is 1130. The van der Waals surface area contributed by atoms with Gasteiger partial charge in [-0.15, -0.1) is 0 Å². The summed E-state index contributed by atoms with van der Waals surface area (Å²) in [5.41, 5.74) is 1.05. The molecule has 0 amide bonds. The third kappa shape index (κ3) is 4.67. The second kappa shape index (κ2) is 8.26. The first-order valence-electron chi connectivity index (χ1n) is 8.04. The lowest BCUT2D eigenvalue weighted by Gasteiger charge is -2.08. The molecule has 0 unspecified atom stereocenters. The molecule has 3 rings (SSSR count). The van der Waals surface area contributed by atoms with Gasteiger partial charge in [-0.1, -0.05) is 59.1 Å². The van der Waals surface area contributed by atoms with Crippen LogP contribution in [0.4, 0.5) is 0 Å². The summed E-state index contributed by atoms with van der Waals surface area (Å²) in [5, 5.41) is -0.347. The number of ether oxygens (including phenoxy) is 1. The smallest absolute Gasteiger partial charge is 0.364 e. The molecule has 0 radical (unpaired) electrons. The van der Waals surface area contributed by atoms with Crippen molar-refractivity contribution in [2.75, 3.05) is 0 Å². The number of carbonyl (C=O) groups excluding carboxylic acids is 1. The van der Waals surface area contributed by atoms with Crippen molar-refractivity contribution in [3.8, 4) is 5.75 Å². The second-order valence-electron chi connectivity index (χ2n) is 5.90. The van der Waals surface area contributed by atoms with Gasteiger partial charge in [0, 0.05) is 5.02 Å². The quantitative estimate of drug-likeness (QED) is 0.336. The molecule has 0 saturated carbocycles. The summed E-state index contributed by atoms with van der Waals surface area (Å²) in [6.07, 6.45) is 1.06. The van der Waals surface area contributed by atoms with Gasteiger partial charge in [-0.2, -0.15) is 0 Å². The van der Waals surface area contributed by atoms with Crippen LogP contribution < -0.4 is 4.74 Å². The molecule has 9 heteroatoms. The average Bonchev–Trinajstić information content (AvgIpc) is 2.65. The van der Waals surface area contributed by atoms with Gasteiger partial charge in [0.1, 0.15) is 5.75 Å². The number of aromatic nitrogens is 2. The number of carbonyl (C=O) groups is 1. The zero-order valence-electron chi connectivity index (χ0n) is 14.6. The number of sulfone groups is 1. The summed E-state index contributed by atoms with van der Waals surface area (Å²) in [7, 11) is -3.96. The van der Waals surface area contributed by atoms with Crippen LogP contribution in [0.5, 0.6) is 5.75 Å². The van der Waals surface area contributed by atoms with Gasteiger partial charge < -0.3 is 4.74 Å². The Hall–Kier alpha value is -2.48. The van der Waals surface area contributed by atoms with Crippen LogP contribution in [0, 0.1) is 6.92 Å². The van der Waals surface area contributed by atoms with Crippen LogP contribution in [0.15, 0.2) is 59.9 Å². The monoisotopic (exact) mass is 436 g/mol. The zero-order chi connectivity index (χ0) is 20.3. The van der Waals surface area contributed by atoms with E-state index in [4.69, 9.17) is 27.9 Å². The van der Waals surface area contributed by atoms with E-state index in [0.717, 1.165) is 11.8 Å². The third-order valence-electron chi connectivity index (χ3n) is 3.73. The van der Waals surface area contributed by atoms with E-state index in [2.05, 4.69) is 9.97 Å². The van der Waals surface area contributed by atoms with E-state index in [1.807, 2.05) is 6.92 Å². The highest BCUT2D eigenvalue weighted by Crippen LogP contribution is 2.23. The van der Waals surface area contributed by atoms with Gasteiger partial charge in [0.15, 0.2) is 5.69 Å². The van der Waals surface area contributed by atoms with Crippen LogP contribution in [0.3, 0.4) is 0 Å². The number of benzene rings is 2. The van der Waals surface area contributed by atoms with Crippen molar-refractivity contribution in [1.82, 2.24) is 9.97 Å². The highest BCUT2D eigenvalue weighted by Gasteiger charge is 2.24. The average molecular weight is 437 g/mol. The molecule has 0 fully saturated rings. The minimum atomic E-state index is -3.96. The molecule has 0 aliphatic carbocycles. The SMILES string of the molecule is Cc1ccc(OC(=O)c2nc(S(=O)(=O)Cc3ccccc3Cl)ncc2Cl)cc1. The third-order valence-corrected chi connectivity index (χ3v) is 5.82. The molecule has 28 heavy (non-hydrogen) atoms. The normalized spacial score (nSPS) is 11.2. The Kier molecular flexibility index (Phi) is 5.98. The van der Waals surface area contributed by atoms with Gasteiger partial charge in [-0.05, 0) is 30.7 Å². The minimum absolute atomic E-state index is 0.117. The summed E-state index contributed by atoms with van der Waals surface area (Å²) >= 11 is 12.0. The summed E-state index contributed by atoms with van der Waals surface area (Å²) in [4.78, 5) is 20.0. The van der Waals surface area contributed by atoms with Crippen LogP contribution in [-0.2, 0) is 15.6 Å². The molecule has 0 saturated heterocycles. The first-order valence-corrected chi connectivity index (χ1v) is 10.4. The number of hydrogen-bond donors (Lipinski definition) is 0. The fraction of sp³-hybridized carbons (Fsp3) is 0.105. The maximum atomic E-state index is 12.7. The first kappa shape index (κ1) is 20.3. The van der Waals surface area contributed by atoms with E-state index in [-0.39, 0.29) is 16.5 Å². The lowest BCUT2D eigenvalue weighted by Crippen LogP contribution is -2.16. The first-order chi connectivity index (χ1) is 13.3.